The van der Waals surface area contributed by atoms with Gasteiger partial charge in [-0.3, -0.25) is 4.79 Å². The maximum atomic E-state index is 12.3. The third-order valence-electron chi connectivity index (χ3n) is 3.89. The Hall–Kier alpha value is -2.01. The lowest BCUT2D eigenvalue weighted by molar-refractivity contribution is 0.0696. The van der Waals surface area contributed by atoms with E-state index < -0.39 is 0 Å². The Morgan fingerprint density at radius 3 is 2.52 bits per heavy atom. The number of amides is 1. The zero-order chi connectivity index (χ0) is 14.8. The summed E-state index contributed by atoms with van der Waals surface area (Å²) in [6.07, 6.45) is 1.74. The van der Waals surface area contributed by atoms with Crippen LogP contribution in [0.1, 0.15) is 34.6 Å². The summed E-state index contributed by atoms with van der Waals surface area (Å²) in [6, 6.07) is 5.67. The quantitative estimate of drug-likeness (QED) is 0.918. The van der Waals surface area contributed by atoms with Gasteiger partial charge >= 0.3 is 0 Å². The first-order valence-electron chi connectivity index (χ1n) is 7.27. The van der Waals surface area contributed by atoms with Gasteiger partial charge in [-0.05, 0) is 44.9 Å². The molecular weight excluding hydrogens is 266 g/mol. The Morgan fingerprint density at radius 2 is 1.81 bits per heavy atom. The fourth-order valence-corrected chi connectivity index (χ4v) is 2.48. The van der Waals surface area contributed by atoms with Gasteiger partial charge in [0.15, 0.2) is 0 Å². The number of aromatic nitrogens is 2. The molecule has 0 unspecified atom stereocenters. The number of fused-ring (bicyclic) bond motifs is 1. The molecule has 1 amide bonds. The number of carbonyl (C=O) groups is 1. The van der Waals surface area contributed by atoms with Crippen LogP contribution in [-0.2, 0) is 4.74 Å². The van der Waals surface area contributed by atoms with Gasteiger partial charge in [0.25, 0.3) is 5.91 Å². The molecule has 21 heavy (non-hydrogen) atoms. The summed E-state index contributed by atoms with van der Waals surface area (Å²) in [6.45, 7) is 5.29. The molecule has 1 aliphatic rings. The summed E-state index contributed by atoms with van der Waals surface area (Å²) in [7, 11) is 0. The van der Waals surface area contributed by atoms with Crippen molar-refractivity contribution in [3.63, 3.8) is 0 Å². The van der Waals surface area contributed by atoms with Crippen molar-refractivity contribution in [2.24, 2.45) is 0 Å². The zero-order valence-electron chi connectivity index (χ0n) is 12.3. The molecule has 5 nitrogen and oxygen atoms in total. The van der Waals surface area contributed by atoms with E-state index >= 15 is 0 Å². The molecular formula is C16H19N3O2. The van der Waals surface area contributed by atoms with Crippen molar-refractivity contribution in [1.29, 1.82) is 0 Å². The van der Waals surface area contributed by atoms with Gasteiger partial charge in [0.2, 0.25) is 0 Å². The molecule has 2 aromatic rings. The van der Waals surface area contributed by atoms with Gasteiger partial charge in [0.1, 0.15) is 0 Å². The summed E-state index contributed by atoms with van der Waals surface area (Å²) < 4.78 is 5.30. The van der Waals surface area contributed by atoms with Crippen molar-refractivity contribution in [2.75, 3.05) is 13.2 Å². The average molecular weight is 285 g/mol. The first-order chi connectivity index (χ1) is 10.1. The van der Waals surface area contributed by atoms with E-state index in [9.17, 15) is 4.79 Å². The number of aryl methyl sites for hydroxylation is 2. The highest BCUT2D eigenvalue weighted by Gasteiger charge is 2.17. The van der Waals surface area contributed by atoms with E-state index in [-0.39, 0.29) is 11.9 Å². The number of hydrogen-bond donors (Lipinski definition) is 1. The van der Waals surface area contributed by atoms with Crippen LogP contribution in [0.2, 0.25) is 0 Å². The first-order valence-corrected chi connectivity index (χ1v) is 7.27. The first kappa shape index (κ1) is 13.9. The number of ether oxygens (including phenoxy) is 1. The number of nitrogens with zero attached hydrogens (tertiary/aromatic N) is 2. The molecule has 0 bridgehead atoms. The van der Waals surface area contributed by atoms with Gasteiger partial charge in [0.05, 0.1) is 22.4 Å². The SMILES string of the molecule is Cc1nc2ccc(C(=O)NC3CCOCC3)cc2nc1C. The van der Waals surface area contributed by atoms with E-state index in [0.29, 0.717) is 18.8 Å². The lowest BCUT2D eigenvalue weighted by Gasteiger charge is -2.23. The minimum absolute atomic E-state index is 0.0520. The van der Waals surface area contributed by atoms with E-state index in [4.69, 9.17) is 4.74 Å². The van der Waals surface area contributed by atoms with E-state index in [1.807, 2.05) is 26.0 Å². The van der Waals surface area contributed by atoms with Crippen LogP contribution in [0.3, 0.4) is 0 Å². The van der Waals surface area contributed by atoms with Crippen LogP contribution in [0, 0.1) is 13.8 Å². The molecule has 0 atom stereocenters. The van der Waals surface area contributed by atoms with Crippen LogP contribution in [0.5, 0.6) is 0 Å². The van der Waals surface area contributed by atoms with E-state index in [2.05, 4.69) is 15.3 Å². The van der Waals surface area contributed by atoms with E-state index in [0.717, 1.165) is 35.3 Å². The van der Waals surface area contributed by atoms with Gasteiger partial charge in [-0.1, -0.05) is 0 Å². The fourth-order valence-electron chi connectivity index (χ4n) is 2.48. The molecule has 1 fully saturated rings. The van der Waals surface area contributed by atoms with Gasteiger partial charge in [-0.2, -0.15) is 0 Å². The summed E-state index contributed by atoms with van der Waals surface area (Å²) in [4.78, 5) is 21.3. The van der Waals surface area contributed by atoms with Crippen LogP contribution in [0.4, 0.5) is 0 Å². The smallest absolute Gasteiger partial charge is 0.251 e. The highest BCUT2D eigenvalue weighted by atomic mass is 16.5. The molecule has 0 spiro atoms. The molecule has 1 aromatic heterocycles. The lowest BCUT2D eigenvalue weighted by Crippen LogP contribution is -2.38. The molecule has 2 heterocycles. The number of carbonyl (C=O) groups excluding carboxylic acids is 1. The second kappa shape index (κ2) is 5.77. The topological polar surface area (TPSA) is 64.1 Å². The predicted octanol–water partition coefficient (Wildman–Crippen LogP) is 2.16. The predicted molar refractivity (Wildman–Crippen MR) is 80.3 cm³/mol. The fraction of sp³-hybridized carbons (Fsp3) is 0.438. The van der Waals surface area contributed by atoms with Gasteiger partial charge in [-0.15, -0.1) is 0 Å². The van der Waals surface area contributed by atoms with Crippen molar-refractivity contribution in [3.05, 3.63) is 35.2 Å². The second-order valence-corrected chi connectivity index (χ2v) is 5.46. The minimum Gasteiger partial charge on any atom is -0.381 e. The van der Waals surface area contributed by atoms with Crippen LogP contribution >= 0.6 is 0 Å². The number of rotatable bonds is 2. The van der Waals surface area contributed by atoms with Crippen molar-refractivity contribution < 1.29 is 9.53 Å². The molecule has 110 valence electrons. The average Bonchev–Trinajstić information content (AvgIpc) is 2.49. The van der Waals surface area contributed by atoms with Gasteiger partial charge < -0.3 is 10.1 Å². The molecule has 0 radical (unpaired) electrons. The molecule has 1 N–H and O–H groups in total. The molecule has 0 aliphatic carbocycles. The molecule has 0 saturated carbocycles. The molecule has 5 heteroatoms. The monoisotopic (exact) mass is 285 g/mol. The largest absolute Gasteiger partial charge is 0.381 e. The molecule has 1 saturated heterocycles. The Bertz CT molecular complexity index is 679. The summed E-state index contributed by atoms with van der Waals surface area (Å²) in [5, 5.41) is 3.06. The lowest BCUT2D eigenvalue weighted by atomic mass is 10.1. The van der Waals surface area contributed by atoms with Crippen molar-refractivity contribution in [2.45, 2.75) is 32.7 Å². The highest BCUT2D eigenvalue weighted by molar-refractivity contribution is 5.97. The zero-order valence-corrected chi connectivity index (χ0v) is 12.3. The van der Waals surface area contributed by atoms with Crippen molar-refractivity contribution in [3.8, 4) is 0 Å². The Balaban J connectivity index is 1.82. The summed E-state index contributed by atoms with van der Waals surface area (Å²) in [5.74, 6) is -0.0520. The van der Waals surface area contributed by atoms with E-state index in [1.54, 1.807) is 6.07 Å². The summed E-state index contributed by atoms with van der Waals surface area (Å²) >= 11 is 0. The Morgan fingerprint density at radius 1 is 1.14 bits per heavy atom. The Labute approximate surface area is 123 Å². The van der Waals surface area contributed by atoms with Crippen LogP contribution < -0.4 is 5.32 Å². The molecule has 3 rings (SSSR count). The van der Waals surface area contributed by atoms with Crippen molar-refractivity contribution in [1.82, 2.24) is 15.3 Å². The number of nitrogens with one attached hydrogen (secondary N) is 1. The third kappa shape index (κ3) is 3.03. The standard InChI is InChI=1S/C16H19N3O2/c1-10-11(2)18-15-9-12(3-4-14(15)17-10)16(20)19-13-5-7-21-8-6-13/h3-4,9,13H,5-8H2,1-2H3,(H,19,20). The highest BCUT2D eigenvalue weighted by Crippen LogP contribution is 2.15. The van der Waals surface area contributed by atoms with Crippen LogP contribution in [0.25, 0.3) is 11.0 Å². The third-order valence-corrected chi connectivity index (χ3v) is 3.89. The van der Waals surface area contributed by atoms with Gasteiger partial charge in [0, 0.05) is 24.8 Å². The van der Waals surface area contributed by atoms with E-state index in [1.165, 1.54) is 0 Å². The number of benzene rings is 1. The van der Waals surface area contributed by atoms with Crippen LogP contribution in [0.15, 0.2) is 18.2 Å². The molecule has 1 aromatic carbocycles. The molecule has 1 aliphatic heterocycles. The maximum absolute atomic E-state index is 12.3. The second-order valence-electron chi connectivity index (χ2n) is 5.46. The maximum Gasteiger partial charge on any atom is 0.251 e. The Kier molecular flexibility index (Phi) is 3.84. The van der Waals surface area contributed by atoms with Gasteiger partial charge in [-0.25, -0.2) is 9.97 Å². The van der Waals surface area contributed by atoms with Crippen LogP contribution in [-0.4, -0.2) is 35.1 Å². The normalized spacial score (nSPS) is 16.1. The summed E-state index contributed by atoms with van der Waals surface area (Å²) in [5.41, 5.74) is 4.02. The number of hydrogen-bond acceptors (Lipinski definition) is 4. The minimum atomic E-state index is -0.0520. The van der Waals surface area contributed by atoms with Crippen molar-refractivity contribution >= 4 is 16.9 Å².